The van der Waals surface area contributed by atoms with E-state index in [9.17, 15) is 0 Å². The lowest BCUT2D eigenvalue weighted by Crippen LogP contribution is -2.50. The fourth-order valence-corrected chi connectivity index (χ4v) is 4.48. The van der Waals surface area contributed by atoms with Crippen molar-refractivity contribution in [2.24, 2.45) is 16.7 Å². The van der Waals surface area contributed by atoms with Gasteiger partial charge in [0.25, 0.3) is 0 Å². The van der Waals surface area contributed by atoms with Crippen molar-refractivity contribution in [3.05, 3.63) is 0 Å². The van der Waals surface area contributed by atoms with Crippen molar-refractivity contribution in [2.45, 2.75) is 65.8 Å². The summed E-state index contributed by atoms with van der Waals surface area (Å²) in [4.78, 5) is 0. The zero-order chi connectivity index (χ0) is 13.2. The third-order valence-electron chi connectivity index (χ3n) is 5.43. The number of ether oxygens (including phenoxy) is 1. The molecule has 2 fully saturated rings. The Morgan fingerprint density at radius 3 is 2.61 bits per heavy atom. The second kappa shape index (κ2) is 5.50. The molecule has 18 heavy (non-hydrogen) atoms. The normalized spacial score (nSPS) is 37.3. The van der Waals surface area contributed by atoms with E-state index in [-0.39, 0.29) is 0 Å². The quantitative estimate of drug-likeness (QED) is 0.700. The van der Waals surface area contributed by atoms with E-state index in [2.05, 4.69) is 33.0 Å². The number of hydrogen-bond acceptors (Lipinski definition) is 2. The highest BCUT2D eigenvalue weighted by atomic mass is 16.5. The SMILES string of the molecule is CCCOCCCNC1C2(C)CCC(C2)C1(C)C. The first-order valence-corrected chi connectivity index (χ1v) is 7.82. The van der Waals surface area contributed by atoms with Crippen molar-refractivity contribution in [2.75, 3.05) is 19.8 Å². The molecule has 0 aromatic carbocycles. The predicted molar refractivity (Wildman–Crippen MR) is 76.7 cm³/mol. The van der Waals surface area contributed by atoms with Crippen LogP contribution in [-0.4, -0.2) is 25.8 Å². The van der Waals surface area contributed by atoms with Crippen LogP contribution in [0.3, 0.4) is 0 Å². The second-order valence-electron chi connectivity index (χ2n) is 7.27. The lowest BCUT2D eigenvalue weighted by molar-refractivity contribution is 0.0993. The molecule has 0 radical (unpaired) electrons. The van der Waals surface area contributed by atoms with Crippen LogP contribution in [0.25, 0.3) is 0 Å². The Balaban J connectivity index is 1.75. The molecule has 2 rings (SSSR count). The van der Waals surface area contributed by atoms with E-state index in [1.54, 1.807) is 0 Å². The van der Waals surface area contributed by atoms with Crippen LogP contribution < -0.4 is 5.32 Å². The van der Waals surface area contributed by atoms with Gasteiger partial charge in [-0.2, -0.15) is 0 Å². The molecule has 106 valence electrons. The van der Waals surface area contributed by atoms with Gasteiger partial charge < -0.3 is 10.1 Å². The summed E-state index contributed by atoms with van der Waals surface area (Å²) in [6.07, 6.45) is 6.58. The molecule has 0 aromatic rings. The molecule has 2 aliphatic carbocycles. The van der Waals surface area contributed by atoms with E-state index in [0.29, 0.717) is 16.9 Å². The summed E-state index contributed by atoms with van der Waals surface area (Å²) < 4.78 is 5.55. The average molecular weight is 253 g/mol. The van der Waals surface area contributed by atoms with Crippen LogP contribution in [0.15, 0.2) is 0 Å². The van der Waals surface area contributed by atoms with Gasteiger partial charge in [-0.25, -0.2) is 0 Å². The summed E-state index contributed by atoms with van der Waals surface area (Å²) in [6.45, 7) is 12.5. The van der Waals surface area contributed by atoms with Crippen molar-refractivity contribution in [1.82, 2.24) is 5.32 Å². The molecule has 3 unspecified atom stereocenters. The van der Waals surface area contributed by atoms with Gasteiger partial charge in [0, 0.05) is 19.3 Å². The Morgan fingerprint density at radius 2 is 2.00 bits per heavy atom. The Bertz CT molecular complexity index is 272. The van der Waals surface area contributed by atoms with Crippen LogP contribution in [0.2, 0.25) is 0 Å². The molecule has 0 saturated heterocycles. The first-order chi connectivity index (χ1) is 8.50. The minimum absolute atomic E-state index is 0.483. The van der Waals surface area contributed by atoms with Gasteiger partial charge >= 0.3 is 0 Å². The Morgan fingerprint density at radius 1 is 1.22 bits per heavy atom. The van der Waals surface area contributed by atoms with Gasteiger partial charge in [0.15, 0.2) is 0 Å². The van der Waals surface area contributed by atoms with E-state index in [1.165, 1.54) is 19.3 Å². The minimum Gasteiger partial charge on any atom is -0.381 e. The molecule has 0 aliphatic heterocycles. The molecule has 0 aromatic heterocycles. The first-order valence-electron chi connectivity index (χ1n) is 7.82. The maximum absolute atomic E-state index is 5.55. The van der Waals surface area contributed by atoms with Crippen LogP contribution in [-0.2, 0) is 4.74 Å². The second-order valence-corrected chi connectivity index (χ2v) is 7.27. The fraction of sp³-hybridized carbons (Fsp3) is 1.00. The zero-order valence-corrected chi connectivity index (χ0v) is 12.7. The largest absolute Gasteiger partial charge is 0.381 e. The van der Waals surface area contributed by atoms with Gasteiger partial charge in [-0.15, -0.1) is 0 Å². The predicted octanol–water partition coefficient (Wildman–Crippen LogP) is 3.61. The van der Waals surface area contributed by atoms with E-state index in [4.69, 9.17) is 4.74 Å². The number of hydrogen-bond donors (Lipinski definition) is 1. The monoisotopic (exact) mass is 253 g/mol. The zero-order valence-electron chi connectivity index (χ0n) is 12.7. The molecule has 2 bridgehead atoms. The topological polar surface area (TPSA) is 21.3 Å². The molecule has 2 saturated carbocycles. The van der Waals surface area contributed by atoms with Gasteiger partial charge in [-0.05, 0) is 55.4 Å². The summed E-state index contributed by atoms with van der Waals surface area (Å²) >= 11 is 0. The molecule has 3 atom stereocenters. The standard InChI is InChI=1S/C16H31NO/c1-5-10-18-11-6-9-17-14-15(2,3)13-7-8-16(14,4)12-13/h13-14,17H,5-12H2,1-4H3. The van der Waals surface area contributed by atoms with Gasteiger partial charge in [0.1, 0.15) is 0 Å². The minimum atomic E-state index is 0.483. The summed E-state index contributed by atoms with van der Waals surface area (Å²) in [5.41, 5.74) is 1.04. The van der Waals surface area contributed by atoms with Crippen molar-refractivity contribution in [3.63, 3.8) is 0 Å². The van der Waals surface area contributed by atoms with E-state index in [1.807, 2.05) is 0 Å². The lowest BCUT2D eigenvalue weighted by Gasteiger charge is -2.43. The number of nitrogens with one attached hydrogen (secondary N) is 1. The fourth-order valence-electron chi connectivity index (χ4n) is 4.48. The maximum atomic E-state index is 5.55. The Labute approximate surface area is 113 Å². The third-order valence-corrected chi connectivity index (χ3v) is 5.43. The van der Waals surface area contributed by atoms with Crippen LogP contribution >= 0.6 is 0 Å². The molecule has 1 N–H and O–H groups in total. The van der Waals surface area contributed by atoms with Crippen LogP contribution in [0, 0.1) is 16.7 Å². The van der Waals surface area contributed by atoms with Crippen molar-refractivity contribution < 1.29 is 4.74 Å². The average Bonchev–Trinajstić information content (AvgIpc) is 2.78. The third kappa shape index (κ3) is 2.60. The summed E-state index contributed by atoms with van der Waals surface area (Å²) in [6, 6.07) is 0.704. The Kier molecular flexibility index (Phi) is 4.38. The molecule has 2 nitrogen and oxygen atoms in total. The highest BCUT2D eigenvalue weighted by Gasteiger charge is 2.58. The maximum Gasteiger partial charge on any atom is 0.0478 e. The first kappa shape index (κ1) is 14.3. The van der Waals surface area contributed by atoms with E-state index < -0.39 is 0 Å². The van der Waals surface area contributed by atoms with Crippen molar-refractivity contribution in [1.29, 1.82) is 0 Å². The summed E-state index contributed by atoms with van der Waals surface area (Å²) in [5, 5.41) is 3.84. The van der Waals surface area contributed by atoms with Crippen LogP contribution in [0.1, 0.15) is 59.8 Å². The van der Waals surface area contributed by atoms with Crippen LogP contribution in [0.5, 0.6) is 0 Å². The molecule has 2 aliphatic rings. The van der Waals surface area contributed by atoms with Gasteiger partial charge in [-0.1, -0.05) is 27.7 Å². The number of fused-ring (bicyclic) bond motifs is 2. The highest BCUT2D eigenvalue weighted by Crippen LogP contribution is 2.62. The summed E-state index contributed by atoms with van der Waals surface area (Å²) in [5.74, 6) is 0.941. The van der Waals surface area contributed by atoms with Gasteiger partial charge in [0.2, 0.25) is 0 Å². The van der Waals surface area contributed by atoms with Crippen molar-refractivity contribution in [3.8, 4) is 0 Å². The van der Waals surface area contributed by atoms with Crippen LogP contribution in [0.4, 0.5) is 0 Å². The van der Waals surface area contributed by atoms with E-state index >= 15 is 0 Å². The molecule has 0 heterocycles. The Hall–Kier alpha value is -0.0800. The molecule has 2 heteroatoms. The molecule has 0 spiro atoms. The highest BCUT2D eigenvalue weighted by molar-refractivity contribution is 5.11. The van der Waals surface area contributed by atoms with Crippen molar-refractivity contribution >= 4 is 0 Å². The lowest BCUT2D eigenvalue weighted by atomic mass is 9.68. The summed E-state index contributed by atoms with van der Waals surface area (Å²) in [7, 11) is 0. The van der Waals surface area contributed by atoms with Gasteiger partial charge in [0.05, 0.1) is 0 Å². The smallest absolute Gasteiger partial charge is 0.0478 e. The van der Waals surface area contributed by atoms with Gasteiger partial charge in [-0.3, -0.25) is 0 Å². The molecular weight excluding hydrogens is 222 g/mol. The number of rotatable bonds is 7. The molecular formula is C16H31NO. The molecule has 0 amide bonds. The van der Waals surface area contributed by atoms with E-state index in [0.717, 1.165) is 38.5 Å².